The molecule has 1 saturated carbocycles. The predicted molar refractivity (Wildman–Crippen MR) is 63.9 cm³/mol. The highest BCUT2D eigenvalue weighted by Crippen LogP contribution is 2.30. The fourth-order valence-corrected chi connectivity index (χ4v) is 2.77. The van der Waals surface area contributed by atoms with Crippen LogP contribution >= 0.6 is 0 Å². The third-order valence-corrected chi connectivity index (χ3v) is 3.70. The fraction of sp³-hybridized carbons (Fsp3) is 0.769. The second kappa shape index (κ2) is 5.48. The van der Waals surface area contributed by atoms with Gasteiger partial charge in [0.15, 0.2) is 6.39 Å². The van der Waals surface area contributed by atoms with Crippen LogP contribution < -0.4 is 5.32 Å². The second-order valence-corrected chi connectivity index (χ2v) is 5.15. The molecular weight excluding hydrogens is 200 g/mol. The van der Waals surface area contributed by atoms with Gasteiger partial charge in [-0.1, -0.05) is 26.7 Å². The van der Waals surface area contributed by atoms with Crippen LogP contribution in [0.4, 0.5) is 0 Å². The molecule has 1 fully saturated rings. The van der Waals surface area contributed by atoms with Crippen molar-refractivity contribution in [2.24, 2.45) is 11.8 Å². The lowest BCUT2D eigenvalue weighted by molar-refractivity contribution is 0.201. The van der Waals surface area contributed by atoms with Gasteiger partial charge in [0.2, 0.25) is 0 Å². The number of hydrogen-bond acceptors (Lipinski definition) is 3. The molecule has 1 aromatic heterocycles. The van der Waals surface area contributed by atoms with Crippen molar-refractivity contribution in [1.29, 1.82) is 0 Å². The van der Waals surface area contributed by atoms with Crippen molar-refractivity contribution >= 4 is 0 Å². The van der Waals surface area contributed by atoms with Crippen molar-refractivity contribution in [2.75, 3.05) is 0 Å². The monoisotopic (exact) mass is 222 g/mol. The summed E-state index contributed by atoms with van der Waals surface area (Å²) in [5, 5.41) is 3.62. The third kappa shape index (κ3) is 2.85. The molecule has 2 unspecified atom stereocenters. The van der Waals surface area contributed by atoms with Gasteiger partial charge in [-0.25, -0.2) is 4.98 Å². The molecule has 1 aliphatic carbocycles. The van der Waals surface area contributed by atoms with Gasteiger partial charge in [0.1, 0.15) is 5.76 Å². The summed E-state index contributed by atoms with van der Waals surface area (Å²) < 4.78 is 5.25. The molecule has 16 heavy (non-hydrogen) atoms. The molecule has 0 amide bonds. The maximum atomic E-state index is 5.25. The Kier molecular flexibility index (Phi) is 3.99. The van der Waals surface area contributed by atoms with E-state index in [1.54, 1.807) is 6.20 Å². The smallest absolute Gasteiger partial charge is 0.180 e. The average molecular weight is 222 g/mol. The summed E-state index contributed by atoms with van der Waals surface area (Å²) in [4.78, 5) is 3.93. The van der Waals surface area contributed by atoms with Crippen LogP contribution in [-0.4, -0.2) is 11.0 Å². The van der Waals surface area contributed by atoms with E-state index in [9.17, 15) is 0 Å². The molecule has 3 heteroatoms. The number of rotatable bonds is 4. The van der Waals surface area contributed by atoms with E-state index in [4.69, 9.17) is 4.42 Å². The third-order valence-electron chi connectivity index (χ3n) is 3.70. The van der Waals surface area contributed by atoms with Crippen molar-refractivity contribution in [3.8, 4) is 0 Å². The van der Waals surface area contributed by atoms with Gasteiger partial charge in [-0.15, -0.1) is 0 Å². The molecule has 1 heterocycles. The van der Waals surface area contributed by atoms with Crippen LogP contribution in [0.3, 0.4) is 0 Å². The molecule has 2 rings (SSSR count). The number of hydrogen-bond donors (Lipinski definition) is 1. The highest BCUT2D eigenvalue weighted by molar-refractivity contribution is 4.90. The van der Waals surface area contributed by atoms with Gasteiger partial charge in [0.05, 0.1) is 12.7 Å². The molecule has 2 atom stereocenters. The molecule has 0 spiro atoms. The zero-order valence-corrected chi connectivity index (χ0v) is 10.3. The minimum Gasteiger partial charge on any atom is -0.447 e. The molecule has 90 valence electrons. The molecule has 0 aromatic carbocycles. The van der Waals surface area contributed by atoms with E-state index in [0.29, 0.717) is 6.04 Å². The summed E-state index contributed by atoms with van der Waals surface area (Å²) in [6, 6.07) is 0.652. The van der Waals surface area contributed by atoms with E-state index in [1.807, 2.05) is 0 Å². The SMILES string of the molecule is CC(C)C1CCCCC1NCc1cnco1. The number of oxazole rings is 1. The van der Waals surface area contributed by atoms with Crippen molar-refractivity contribution in [2.45, 2.75) is 52.1 Å². The first-order chi connectivity index (χ1) is 7.77. The molecule has 0 radical (unpaired) electrons. The van der Waals surface area contributed by atoms with E-state index in [-0.39, 0.29) is 0 Å². The van der Waals surface area contributed by atoms with E-state index < -0.39 is 0 Å². The average Bonchev–Trinajstić information content (AvgIpc) is 2.79. The van der Waals surface area contributed by atoms with E-state index >= 15 is 0 Å². The Balaban J connectivity index is 1.86. The molecular formula is C13H22N2O. The molecule has 0 bridgehead atoms. The zero-order valence-electron chi connectivity index (χ0n) is 10.3. The zero-order chi connectivity index (χ0) is 11.4. The Morgan fingerprint density at radius 1 is 1.44 bits per heavy atom. The van der Waals surface area contributed by atoms with Crippen molar-refractivity contribution in [3.05, 3.63) is 18.4 Å². The summed E-state index contributed by atoms with van der Waals surface area (Å²) in [5.74, 6) is 2.53. The van der Waals surface area contributed by atoms with Crippen LogP contribution in [0.15, 0.2) is 17.0 Å². The number of nitrogens with one attached hydrogen (secondary N) is 1. The molecule has 0 saturated heterocycles. The van der Waals surface area contributed by atoms with Crippen molar-refractivity contribution < 1.29 is 4.42 Å². The Morgan fingerprint density at radius 3 is 2.94 bits per heavy atom. The van der Waals surface area contributed by atoms with E-state index in [1.165, 1.54) is 32.1 Å². The molecule has 1 N–H and O–H groups in total. The van der Waals surface area contributed by atoms with Crippen LogP contribution in [0.2, 0.25) is 0 Å². The van der Waals surface area contributed by atoms with Crippen molar-refractivity contribution in [1.82, 2.24) is 10.3 Å². The molecule has 1 aromatic rings. The van der Waals surface area contributed by atoms with E-state index in [2.05, 4.69) is 24.1 Å². The van der Waals surface area contributed by atoms with Gasteiger partial charge in [-0.05, 0) is 24.7 Å². The maximum absolute atomic E-state index is 5.25. The van der Waals surface area contributed by atoms with Crippen molar-refractivity contribution in [3.63, 3.8) is 0 Å². The Hall–Kier alpha value is -0.830. The van der Waals surface area contributed by atoms with Gasteiger partial charge >= 0.3 is 0 Å². The lowest BCUT2D eigenvalue weighted by atomic mass is 9.78. The number of aromatic nitrogens is 1. The van der Waals surface area contributed by atoms with Crippen LogP contribution in [0.1, 0.15) is 45.3 Å². The van der Waals surface area contributed by atoms with Gasteiger partial charge < -0.3 is 9.73 Å². The Bertz CT molecular complexity index is 295. The van der Waals surface area contributed by atoms with Crippen LogP contribution in [-0.2, 0) is 6.54 Å². The summed E-state index contributed by atoms with van der Waals surface area (Å²) >= 11 is 0. The summed E-state index contributed by atoms with van der Waals surface area (Å²) in [6.07, 6.45) is 8.71. The largest absolute Gasteiger partial charge is 0.447 e. The van der Waals surface area contributed by atoms with Gasteiger partial charge in [-0.2, -0.15) is 0 Å². The van der Waals surface area contributed by atoms with Crippen LogP contribution in [0.25, 0.3) is 0 Å². The first kappa shape index (κ1) is 11.6. The summed E-state index contributed by atoms with van der Waals surface area (Å²) in [7, 11) is 0. The minimum atomic E-state index is 0.652. The van der Waals surface area contributed by atoms with Crippen LogP contribution in [0.5, 0.6) is 0 Å². The molecule has 1 aliphatic rings. The standard InChI is InChI=1S/C13H22N2O/c1-10(2)12-5-3-4-6-13(12)15-8-11-7-14-9-16-11/h7,9-10,12-13,15H,3-6,8H2,1-2H3. The van der Waals surface area contributed by atoms with Gasteiger partial charge in [-0.3, -0.25) is 0 Å². The first-order valence-electron chi connectivity index (χ1n) is 6.38. The van der Waals surface area contributed by atoms with Crippen LogP contribution in [0, 0.1) is 11.8 Å². The maximum Gasteiger partial charge on any atom is 0.180 e. The Labute approximate surface area is 97.6 Å². The summed E-state index contributed by atoms with van der Waals surface area (Å²) in [5.41, 5.74) is 0. The minimum absolute atomic E-state index is 0.652. The first-order valence-corrected chi connectivity index (χ1v) is 6.38. The quantitative estimate of drug-likeness (QED) is 0.851. The lowest BCUT2D eigenvalue weighted by Gasteiger charge is -2.34. The van der Waals surface area contributed by atoms with Gasteiger partial charge in [0.25, 0.3) is 0 Å². The highest BCUT2D eigenvalue weighted by Gasteiger charge is 2.26. The normalized spacial score (nSPS) is 26.2. The van der Waals surface area contributed by atoms with Gasteiger partial charge in [0, 0.05) is 6.04 Å². The Morgan fingerprint density at radius 2 is 2.25 bits per heavy atom. The topological polar surface area (TPSA) is 38.1 Å². The highest BCUT2D eigenvalue weighted by atomic mass is 16.3. The lowest BCUT2D eigenvalue weighted by Crippen LogP contribution is -2.40. The van der Waals surface area contributed by atoms with E-state index in [0.717, 1.165) is 24.1 Å². The summed E-state index contributed by atoms with van der Waals surface area (Å²) in [6.45, 7) is 5.48. The fourth-order valence-electron chi connectivity index (χ4n) is 2.77. The predicted octanol–water partition coefficient (Wildman–Crippen LogP) is 2.98. The molecule has 0 aliphatic heterocycles. The number of nitrogens with zero attached hydrogens (tertiary/aromatic N) is 1. The molecule has 3 nitrogen and oxygen atoms in total. The second-order valence-electron chi connectivity index (χ2n) is 5.15.